The summed E-state index contributed by atoms with van der Waals surface area (Å²) in [5.74, 6) is -1.48. The third-order valence-electron chi connectivity index (χ3n) is 5.09. The zero-order valence-electron chi connectivity index (χ0n) is 14.4. The molecule has 3 aliphatic rings. The summed E-state index contributed by atoms with van der Waals surface area (Å²) in [5, 5.41) is 12.4. The molecular formula is C18H21ClFNO4. The van der Waals surface area contributed by atoms with Crippen molar-refractivity contribution in [1.29, 1.82) is 0 Å². The molecule has 1 aromatic carbocycles. The van der Waals surface area contributed by atoms with Crippen LogP contribution in [0.15, 0.2) is 18.2 Å². The molecule has 25 heavy (non-hydrogen) atoms. The van der Waals surface area contributed by atoms with Crippen LogP contribution in [0.2, 0.25) is 5.02 Å². The fraction of sp³-hybridized carbons (Fsp3) is 0.556. The van der Waals surface area contributed by atoms with E-state index in [4.69, 9.17) is 16.3 Å². The van der Waals surface area contributed by atoms with Gasteiger partial charge in [0.25, 0.3) is 0 Å². The number of amides is 1. The summed E-state index contributed by atoms with van der Waals surface area (Å²) >= 11 is 6.15. The summed E-state index contributed by atoms with van der Waals surface area (Å²) in [4.78, 5) is 23.6. The molecule has 1 atom stereocenters. The monoisotopic (exact) mass is 369 g/mol. The lowest BCUT2D eigenvalue weighted by Crippen LogP contribution is -2.73. The Morgan fingerprint density at radius 3 is 2.40 bits per heavy atom. The van der Waals surface area contributed by atoms with Gasteiger partial charge in [0.2, 0.25) is 0 Å². The summed E-state index contributed by atoms with van der Waals surface area (Å²) in [7, 11) is 0. The van der Waals surface area contributed by atoms with Gasteiger partial charge in [0.15, 0.2) is 0 Å². The van der Waals surface area contributed by atoms with E-state index in [1.165, 1.54) is 12.1 Å². The molecule has 5 nitrogen and oxygen atoms in total. The molecule has 0 spiro atoms. The minimum atomic E-state index is -1.08. The highest BCUT2D eigenvalue weighted by Gasteiger charge is 2.73. The lowest BCUT2D eigenvalue weighted by atomic mass is 9.31. The van der Waals surface area contributed by atoms with Crippen molar-refractivity contribution in [2.75, 3.05) is 0 Å². The first-order valence-electron chi connectivity index (χ1n) is 8.14. The maximum absolute atomic E-state index is 13.2. The van der Waals surface area contributed by atoms with Gasteiger partial charge in [-0.25, -0.2) is 14.0 Å². The average Bonchev–Trinajstić information content (AvgIpc) is 2.34. The molecule has 0 aromatic heterocycles. The third-order valence-corrected chi connectivity index (χ3v) is 5.41. The van der Waals surface area contributed by atoms with E-state index in [-0.39, 0.29) is 5.41 Å². The highest BCUT2D eigenvalue weighted by Crippen LogP contribution is 2.75. The van der Waals surface area contributed by atoms with Gasteiger partial charge < -0.3 is 15.2 Å². The second-order valence-corrected chi connectivity index (χ2v) is 8.62. The van der Waals surface area contributed by atoms with Crippen LogP contribution in [0.25, 0.3) is 0 Å². The Kier molecular flexibility index (Phi) is 4.02. The molecule has 0 aliphatic heterocycles. The van der Waals surface area contributed by atoms with Gasteiger partial charge in [-0.15, -0.1) is 0 Å². The number of hydrogen-bond acceptors (Lipinski definition) is 3. The summed E-state index contributed by atoms with van der Waals surface area (Å²) in [6.07, 6.45) is 1.05. The fourth-order valence-corrected chi connectivity index (χ4v) is 4.65. The molecular weight excluding hydrogens is 349 g/mol. The van der Waals surface area contributed by atoms with Crippen LogP contribution in [0.3, 0.4) is 0 Å². The van der Waals surface area contributed by atoms with Crippen LogP contribution in [0, 0.1) is 11.2 Å². The van der Waals surface area contributed by atoms with Crippen LogP contribution >= 0.6 is 11.6 Å². The van der Waals surface area contributed by atoms with E-state index >= 15 is 0 Å². The predicted octanol–water partition coefficient (Wildman–Crippen LogP) is 3.88. The fourth-order valence-electron chi connectivity index (χ4n) is 4.28. The van der Waals surface area contributed by atoms with Crippen molar-refractivity contribution in [3.8, 4) is 0 Å². The average molecular weight is 370 g/mol. The number of aliphatic carboxylic acids is 1. The molecule has 7 heteroatoms. The quantitative estimate of drug-likeness (QED) is 0.844. The van der Waals surface area contributed by atoms with Crippen molar-refractivity contribution in [1.82, 2.24) is 5.32 Å². The Morgan fingerprint density at radius 2 is 1.92 bits per heavy atom. The Bertz CT molecular complexity index is 723. The summed E-state index contributed by atoms with van der Waals surface area (Å²) in [6.45, 7) is 5.15. The SMILES string of the molecule is CC(C)(C)OC(=O)NC(C(=O)O)C12CC(c3ccc(F)cc3Cl)(C1)C2. The number of carbonyl (C=O) groups is 2. The lowest BCUT2D eigenvalue weighted by Gasteiger charge is -2.72. The molecule has 1 amide bonds. The third kappa shape index (κ3) is 3.08. The van der Waals surface area contributed by atoms with E-state index in [0.717, 1.165) is 5.56 Å². The number of alkyl carbamates (subject to hydrolysis) is 1. The van der Waals surface area contributed by atoms with E-state index in [1.54, 1.807) is 26.8 Å². The van der Waals surface area contributed by atoms with Gasteiger partial charge in [-0.1, -0.05) is 17.7 Å². The molecule has 2 bridgehead atoms. The minimum Gasteiger partial charge on any atom is -0.480 e. The minimum absolute atomic E-state index is 0.214. The van der Waals surface area contributed by atoms with Gasteiger partial charge in [-0.2, -0.15) is 0 Å². The molecule has 3 fully saturated rings. The molecule has 2 N–H and O–H groups in total. The topological polar surface area (TPSA) is 75.6 Å². The summed E-state index contributed by atoms with van der Waals surface area (Å²) in [6, 6.07) is 3.29. The van der Waals surface area contributed by atoms with Crippen molar-refractivity contribution in [3.05, 3.63) is 34.6 Å². The summed E-state index contributed by atoms with van der Waals surface area (Å²) in [5.41, 5.74) is -0.567. The zero-order valence-corrected chi connectivity index (χ0v) is 15.1. The molecule has 1 unspecified atom stereocenters. The number of carbonyl (C=O) groups excluding carboxylic acids is 1. The number of halogens is 2. The molecule has 4 rings (SSSR count). The van der Waals surface area contributed by atoms with E-state index < -0.39 is 34.9 Å². The van der Waals surface area contributed by atoms with Gasteiger partial charge in [0.05, 0.1) is 0 Å². The van der Waals surface area contributed by atoms with Crippen LogP contribution < -0.4 is 5.32 Å². The first-order chi connectivity index (χ1) is 11.5. The van der Waals surface area contributed by atoms with Gasteiger partial charge in [0.1, 0.15) is 17.5 Å². The van der Waals surface area contributed by atoms with E-state index in [1.807, 2.05) is 0 Å². The lowest BCUT2D eigenvalue weighted by molar-refractivity contribution is -0.183. The van der Waals surface area contributed by atoms with Crippen molar-refractivity contribution >= 4 is 23.7 Å². The molecule has 3 aliphatic carbocycles. The Balaban J connectivity index is 1.71. The number of hydrogen-bond donors (Lipinski definition) is 2. The maximum atomic E-state index is 13.2. The number of benzene rings is 1. The normalized spacial score (nSPS) is 28.4. The molecule has 0 saturated heterocycles. The van der Waals surface area contributed by atoms with Gasteiger partial charge in [-0.3, -0.25) is 0 Å². The van der Waals surface area contributed by atoms with Gasteiger partial charge >= 0.3 is 12.1 Å². The van der Waals surface area contributed by atoms with E-state index in [0.29, 0.717) is 24.3 Å². The second-order valence-electron chi connectivity index (χ2n) is 8.21. The molecule has 136 valence electrons. The molecule has 0 radical (unpaired) electrons. The zero-order chi connectivity index (χ0) is 18.6. The number of rotatable bonds is 4. The largest absolute Gasteiger partial charge is 0.480 e. The van der Waals surface area contributed by atoms with Crippen LogP contribution in [0.4, 0.5) is 9.18 Å². The first kappa shape index (κ1) is 18.0. The Morgan fingerprint density at radius 1 is 1.32 bits per heavy atom. The maximum Gasteiger partial charge on any atom is 0.408 e. The van der Waals surface area contributed by atoms with Crippen LogP contribution in [-0.2, 0) is 14.9 Å². The Hall–Kier alpha value is -1.82. The highest BCUT2D eigenvalue weighted by atomic mass is 35.5. The molecule has 1 aromatic rings. The highest BCUT2D eigenvalue weighted by molar-refractivity contribution is 6.31. The number of ether oxygens (including phenoxy) is 1. The van der Waals surface area contributed by atoms with Crippen molar-refractivity contribution in [2.45, 2.75) is 57.1 Å². The van der Waals surface area contributed by atoms with Gasteiger partial charge in [0, 0.05) is 10.4 Å². The van der Waals surface area contributed by atoms with E-state index in [9.17, 15) is 19.1 Å². The van der Waals surface area contributed by atoms with Gasteiger partial charge in [-0.05, 0) is 63.1 Å². The van der Waals surface area contributed by atoms with Crippen molar-refractivity contribution < 1.29 is 23.8 Å². The number of carboxylic acids is 1. The van der Waals surface area contributed by atoms with Crippen LogP contribution in [-0.4, -0.2) is 28.8 Å². The van der Waals surface area contributed by atoms with Crippen molar-refractivity contribution in [3.63, 3.8) is 0 Å². The van der Waals surface area contributed by atoms with E-state index in [2.05, 4.69) is 5.32 Å². The second kappa shape index (κ2) is 5.59. The van der Waals surface area contributed by atoms with Crippen LogP contribution in [0.1, 0.15) is 45.6 Å². The number of carboxylic acid groups (broad SMARTS) is 1. The Labute approximate surface area is 150 Å². The summed E-state index contributed by atoms with van der Waals surface area (Å²) < 4.78 is 18.4. The van der Waals surface area contributed by atoms with Crippen LogP contribution in [0.5, 0.6) is 0 Å². The number of nitrogens with one attached hydrogen (secondary N) is 1. The standard InChI is InChI=1S/C18H21ClFNO4/c1-16(2,3)25-15(24)21-13(14(22)23)18-7-17(8-18,9-18)11-5-4-10(20)6-12(11)19/h4-6,13H,7-9H2,1-3H3,(H,21,24)(H,22,23). The molecule has 0 heterocycles. The van der Waals surface area contributed by atoms with Crippen molar-refractivity contribution in [2.24, 2.45) is 5.41 Å². The molecule has 3 saturated carbocycles. The smallest absolute Gasteiger partial charge is 0.408 e. The first-order valence-corrected chi connectivity index (χ1v) is 8.52. The predicted molar refractivity (Wildman–Crippen MR) is 90.2 cm³/mol.